The Labute approximate surface area is 143 Å². The molecule has 0 aliphatic rings. The summed E-state index contributed by atoms with van der Waals surface area (Å²) in [5.41, 5.74) is -1.02. The molecule has 0 fully saturated rings. The van der Waals surface area contributed by atoms with Crippen LogP contribution in [0.3, 0.4) is 0 Å². The Morgan fingerprint density at radius 3 is 2.57 bits per heavy atom. The SMILES string of the molecule is O=C(COc1ccccc1Br)Nc1cc(C(F)(F)F)ccc1Cl. The van der Waals surface area contributed by atoms with Crippen LogP contribution in [-0.4, -0.2) is 12.5 Å². The molecule has 0 bridgehead atoms. The average molecular weight is 409 g/mol. The third-order valence-corrected chi connectivity index (χ3v) is 3.75. The van der Waals surface area contributed by atoms with Crippen LogP contribution in [0.5, 0.6) is 5.75 Å². The molecule has 3 nitrogen and oxygen atoms in total. The zero-order chi connectivity index (χ0) is 17.0. The molecule has 1 amide bonds. The smallest absolute Gasteiger partial charge is 0.416 e. The molecule has 0 unspecified atom stereocenters. The van der Waals surface area contributed by atoms with Crippen molar-refractivity contribution in [3.63, 3.8) is 0 Å². The zero-order valence-corrected chi connectivity index (χ0v) is 13.8. The van der Waals surface area contributed by atoms with Crippen LogP contribution in [0.2, 0.25) is 5.02 Å². The van der Waals surface area contributed by atoms with E-state index in [2.05, 4.69) is 21.2 Å². The minimum Gasteiger partial charge on any atom is -0.483 e. The quantitative estimate of drug-likeness (QED) is 0.761. The number of rotatable bonds is 4. The van der Waals surface area contributed by atoms with Crippen molar-refractivity contribution < 1.29 is 22.7 Å². The Morgan fingerprint density at radius 2 is 1.91 bits per heavy atom. The monoisotopic (exact) mass is 407 g/mol. The summed E-state index contributed by atoms with van der Waals surface area (Å²) in [4.78, 5) is 11.8. The number of carbonyl (C=O) groups excluding carboxylic acids is 1. The van der Waals surface area contributed by atoms with Crippen LogP contribution < -0.4 is 10.1 Å². The van der Waals surface area contributed by atoms with Gasteiger partial charge in [-0.3, -0.25) is 4.79 Å². The molecule has 0 radical (unpaired) electrons. The predicted molar refractivity (Wildman–Crippen MR) is 84.7 cm³/mol. The maximum Gasteiger partial charge on any atom is 0.416 e. The van der Waals surface area contributed by atoms with Gasteiger partial charge in [-0.15, -0.1) is 0 Å². The maximum atomic E-state index is 12.7. The van der Waals surface area contributed by atoms with Gasteiger partial charge < -0.3 is 10.1 Å². The van der Waals surface area contributed by atoms with Gasteiger partial charge in [0.1, 0.15) is 5.75 Å². The van der Waals surface area contributed by atoms with Crippen LogP contribution in [0.1, 0.15) is 5.56 Å². The molecule has 8 heteroatoms. The lowest BCUT2D eigenvalue weighted by atomic mass is 10.2. The first-order valence-electron chi connectivity index (χ1n) is 6.31. The van der Waals surface area contributed by atoms with E-state index in [9.17, 15) is 18.0 Å². The average Bonchev–Trinajstić information content (AvgIpc) is 2.47. The highest BCUT2D eigenvalue weighted by molar-refractivity contribution is 9.10. The van der Waals surface area contributed by atoms with E-state index in [0.717, 1.165) is 18.2 Å². The molecule has 0 spiro atoms. The van der Waals surface area contributed by atoms with Crippen LogP contribution in [0.4, 0.5) is 18.9 Å². The molecule has 0 heterocycles. The molecular formula is C15H10BrClF3NO2. The summed E-state index contributed by atoms with van der Waals surface area (Å²) in [5.74, 6) is -0.181. The second-order valence-corrected chi connectivity index (χ2v) is 5.72. The van der Waals surface area contributed by atoms with Crippen LogP contribution in [-0.2, 0) is 11.0 Å². The minimum atomic E-state index is -4.52. The number of anilines is 1. The van der Waals surface area contributed by atoms with Gasteiger partial charge in [-0.25, -0.2) is 0 Å². The van der Waals surface area contributed by atoms with Gasteiger partial charge in [-0.05, 0) is 46.3 Å². The number of hydrogen-bond acceptors (Lipinski definition) is 2. The molecule has 2 rings (SSSR count). The van der Waals surface area contributed by atoms with Crippen molar-refractivity contribution in [2.45, 2.75) is 6.18 Å². The molecule has 2 aromatic carbocycles. The molecule has 23 heavy (non-hydrogen) atoms. The minimum absolute atomic E-state index is 0.00671. The summed E-state index contributed by atoms with van der Waals surface area (Å²) in [5, 5.41) is 2.31. The molecule has 1 N–H and O–H groups in total. The Balaban J connectivity index is 2.04. The van der Waals surface area contributed by atoms with Crippen molar-refractivity contribution in [3.05, 3.63) is 57.5 Å². The van der Waals surface area contributed by atoms with Gasteiger partial charge in [-0.2, -0.15) is 13.2 Å². The van der Waals surface area contributed by atoms with E-state index in [4.69, 9.17) is 16.3 Å². The van der Waals surface area contributed by atoms with Gasteiger partial charge >= 0.3 is 6.18 Å². The molecular weight excluding hydrogens is 399 g/mol. The number of carbonyl (C=O) groups is 1. The fourth-order valence-corrected chi connectivity index (χ4v) is 2.25. The Kier molecular flexibility index (Phi) is 5.54. The Morgan fingerprint density at radius 1 is 1.22 bits per heavy atom. The third-order valence-electron chi connectivity index (χ3n) is 2.76. The summed E-state index contributed by atoms with van der Waals surface area (Å²) in [6, 6.07) is 9.58. The first kappa shape index (κ1) is 17.6. The highest BCUT2D eigenvalue weighted by Gasteiger charge is 2.31. The number of ether oxygens (including phenoxy) is 1. The Hall–Kier alpha value is -1.73. The predicted octanol–water partition coefficient (Wildman–Crippen LogP) is 5.14. The maximum absolute atomic E-state index is 12.7. The van der Waals surface area contributed by atoms with Gasteiger partial charge in [0.2, 0.25) is 0 Å². The van der Waals surface area contributed by atoms with Gasteiger partial charge in [0.15, 0.2) is 6.61 Å². The molecule has 0 saturated carbocycles. The van der Waals surface area contributed by atoms with Crippen LogP contribution >= 0.6 is 27.5 Å². The van der Waals surface area contributed by atoms with Crippen LogP contribution in [0.25, 0.3) is 0 Å². The number of para-hydroxylation sites is 1. The Bertz CT molecular complexity index is 722. The lowest BCUT2D eigenvalue weighted by Gasteiger charge is -2.12. The number of amides is 1. The molecule has 0 aromatic heterocycles. The summed E-state index contributed by atoms with van der Waals surface area (Å²) in [6.07, 6.45) is -4.52. The first-order chi connectivity index (χ1) is 10.8. The van der Waals surface area contributed by atoms with E-state index in [1.807, 2.05) is 0 Å². The fraction of sp³-hybridized carbons (Fsp3) is 0.133. The summed E-state index contributed by atoms with van der Waals surface area (Å²) in [7, 11) is 0. The molecule has 0 aliphatic carbocycles. The lowest BCUT2D eigenvalue weighted by Crippen LogP contribution is -2.21. The van der Waals surface area contributed by atoms with E-state index < -0.39 is 17.6 Å². The van der Waals surface area contributed by atoms with E-state index >= 15 is 0 Å². The molecule has 0 aliphatic heterocycles. The fourth-order valence-electron chi connectivity index (χ4n) is 1.69. The topological polar surface area (TPSA) is 38.3 Å². The van der Waals surface area contributed by atoms with E-state index in [1.54, 1.807) is 24.3 Å². The largest absolute Gasteiger partial charge is 0.483 e. The number of alkyl halides is 3. The molecule has 122 valence electrons. The number of nitrogens with one attached hydrogen (secondary N) is 1. The second kappa shape index (κ2) is 7.23. The highest BCUT2D eigenvalue weighted by atomic mass is 79.9. The van der Waals surface area contributed by atoms with Crippen LogP contribution in [0, 0.1) is 0 Å². The van der Waals surface area contributed by atoms with Gasteiger partial charge in [0.05, 0.1) is 20.7 Å². The highest BCUT2D eigenvalue weighted by Crippen LogP contribution is 2.33. The van der Waals surface area contributed by atoms with Crippen molar-refractivity contribution >= 4 is 39.1 Å². The molecule has 0 atom stereocenters. The van der Waals surface area contributed by atoms with Crippen molar-refractivity contribution in [3.8, 4) is 5.75 Å². The van der Waals surface area contributed by atoms with E-state index in [-0.39, 0.29) is 17.3 Å². The van der Waals surface area contributed by atoms with Gasteiger partial charge in [0, 0.05) is 0 Å². The summed E-state index contributed by atoms with van der Waals surface area (Å²) >= 11 is 9.06. The lowest BCUT2D eigenvalue weighted by molar-refractivity contribution is -0.137. The molecule has 2 aromatic rings. The van der Waals surface area contributed by atoms with E-state index in [0.29, 0.717) is 10.2 Å². The van der Waals surface area contributed by atoms with Crippen molar-refractivity contribution in [1.82, 2.24) is 0 Å². The summed E-state index contributed by atoms with van der Waals surface area (Å²) in [6.45, 7) is -0.366. The zero-order valence-electron chi connectivity index (χ0n) is 11.5. The normalized spacial score (nSPS) is 11.2. The van der Waals surface area contributed by atoms with Crippen molar-refractivity contribution in [2.24, 2.45) is 0 Å². The summed E-state index contributed by atoms with van der Waals surface area (Å²) < 4.78 is 43.9. The second-order valence-electron chi connectivity index (χ2n) is 4.46. The van der Waals surface area contributed by atoms with Gasteiger partial charge in [0.25, 0.3) is 5.91 Å². The first-order valence-corrected chi connectivity index (χ1v) is 7.48. The number of halogens is 5. The van der Waals surface area contributed by atoms with Crippen molar-refractivity contribution in [2.75, 3.05) is 11.9 Å². The van der Waals surface area contributed by atoms with E-state index in [1.165, 1.54) is 0 Å². The number of hydrogen-bond donors (Lipinski definition) is 1. The third kappa shape index (κ3) is 4.87. The van der Waals surface area contributed by atoms with Crippen molar-refractivity contribution in [1.29, 1.82) is 0 Å². The van der Waals surface area contributed by atoms with Crippen LogP contribution in [0.15, 0.2) is 46.9 Å². The van der Waals surface area contributed by atoms with Gasteiger partial charge in [-0.1, -0.05) is 23.7 Å². The number of benzene rings is 2. The standard InChI is InChI=1S/C15H10BrClF3NO2/c16-10-3-1-2-4-13(10)23-8-14(22)21-12-7-9(15(18,19)20)5-6-11(12)17/h1-7H,8H2,(H,21,22). The molecule has 0 saturated heterocycles.